The molecule has 18 heavy (non-hydrogen) atoms. The van der Waals surface area contributed by atoms with Gasteiger partial charge in [0.05, 0.1) is 5.92 Å². The molecule has 0 saturated carbocycles. The maximum Gasteiger partial charge on any atom is 0.227 e. The SMILES string of the molecule is CC(C)CN1CCN(C(=O)C2CNCC2C)CC1. The molecular weight excluding hydrogens is 226 g/mol. The number of hydrogen-bond donors (Lipinski definition) is 1. The fourth-order valence-corrected chi connectivity index (χ4v) is 3.04. The van der Waals surface area contributed by atoms with Gasteiger partial charge >= 0.3 is 0 Å². The maximum atomic E-state index is 12.4. The van der Waals surface area contributed by atoms with Crippen LogP contribution in [0.5, 0.6) is 0 Å². The molecule has 2 saturated heterocycles. The lowest BCUT2D eigenvalue weighted by Crippen LogP contribution is -2.51. The van der Waals surface area contributed by atoms with E-state index in [0.717, 1.165) is 45.8 Å². The van der Waals surface area contributed by atoms with Gasteiger partial charge in [-0.15, -0.1) is 0 Å². The fourth-order valence-electron chi connectivity index (χ4n) is 3.04. The number of nitrogens with one attached hydrogen (secondary N) is 1. The summed E-state index contributed by atoms with van der Waals surface area (Å²) < 4.78 is 0. The van der Waals surface area contributed by atoms with E-state index in [1.165, 1.54) is 0 Å². The molecule has 1 N–H and O–H groups in total. The van der Waals surface area contributed by atoms with Crippen LogP contribution in [0.2, 0.25) is 0 Å². The Bertz CT molecular complexity index is 285. The summed E-state index contributed by atoms with van der Waals surface area (Å²) in [5.41, 5.74) is 0. The minimum absolute atomic E-state index is 0.210. The summed E-state index contributed by atoms with van der Waals surface area (Å²) in [7, 11) is 0. The van der Waals surface area contributed by atoms with Crippen molar-refractivity contribution in [2.24, 2.45) is 17.8 Å². The zero-order chi connectivity index (χ0) is 13.1. The van der Waals surface area contributed by atoms with Crippen LogP contribution in [0.15, 0.2) is 0 Å². The highest BCUT2D eigenvalue weighted by molar-refractivity contribution is 5.79. The maximum absolute atomic E-state index is 12.4. The molecule has 0 aromatic rings. The van der Waals surface area contributed by atoms with Crippen molar-refractivity contribution in [3.63, 3.8) is 0 Å². The van der Waals surface area contributed by atoms with Gasteiger partial charge in [-0.1, -0.05) is 20.8 Å². The molecule has 4 nitrogen and oxygen atoms in total. The Kier molecular flexibility index (Phi) is 4.62. The predicted octanol–water partition coefficient (Wildman–Crippen LogP) is 0.642. The van der Waals surface area contributed by atoms with Gasteiger partial charge in [-0.3, -0.25) is 9.69 Å². The van der Waals surface area contributed by atoms with Crippen LogP contribution in [0.4, 0.5) is 0 Å². The number of piperazine rings is 1. The first-order valence-corrected chi connectivity index (χ1v) is 7.29. The van der Waals surface area contributed by atoms with Crippen LogP contribution in [0.3, 0.4) is 0 Å². The number of carbonyl (C=O) groups is 1. The van der Waals surface area contributed by atoms with Crippen molar-refractivity contribution in [1.29, 1.82) is 0 Å². The van der Waals surface area contributed by atoms with Gasteiger partial charge in [-0.05, 0) is 18.4 Å². The lowest BCUT2D eigenvalue weighted by Gasteiger charge is -2.37. The molecule has 0 aliphatic carbocycles. The quantitative estimate of drug-likeness (QED) is 0.802. The molecule has 2 aliphatic rings. The van der Waals surface area contributed by atoms with Crippen molar-refractivity contribution in [1.82, 2.24) is 15.1 Å². The first-order chi connectivity index (χ1) is 8.58. The average Bonchev–Trinajstić information content (AvgIpc) is 2.75. The second-order valence-electron chi connectivity index (χ2n) is 6.26. The van der Waals surface area contributed by atoms with Gasteiger partial charge in [0.2, 0.25) is 5.91 Å². The molecule has 2 unspecified atom stereocenters. The van der Waals surface area contributed by atoms with Gasteiger partial charge in [0, 0.05) is 39.3 Å². The number of amides is 1. The Labute approximate surface area is 111 Å². The van der Waals surface area contributed by atoms with E-state index in [1.54, 1.807) is 0 Å². The van der Waals surface area contributed by atoms with E-state index in [2.05, 4.69) is 35.9 Å². The van der Waals surface area contributed by atoms with Crippen molar-refractivity contribution in [2.75, 3.05) is 45.8 Å². The van der Waals surface area contributed by atoms with E-state index in [0.29, 0.717) is 17.7 Å². The first kappa shape index (κ1) is 13.8. The Morgan fingerprint density at radius 1 is 1.22 bits per heavy atom. The van der Waals surface area contributed by atoms with Crippen molar-refractivity contribution in [2.45, 2.75) is 20.8 Å². The molecule has 104 valence electrons. The molecule has 2 fully saturated rings. The van der Waals surface area contributed by atoms with Crippen LogP contribution in [-0.2, 0) is 4.79 Å². The molecule has 0 bridgehead atoms. The molecule has 1 amide bonds. The standard InChI is InChI=1S/C14H27N3O/c1-11(2)10-16-4-6-17(7-5-16)14(18)13-9-15-8-12(13)3/h11-13,15H,4-10H2,1-3H3. The molecule has 0 spiro atoms. The minimum atomic E-state index is 0.210. The van der Waals surface area contributed by atoms with Crippen LogP contribution in [0, 0.1) is 17.8 Å². The Balaban J connectivity index is 1.80. The van der Waals surface area contributed by atoms with E-state index < -0.39 is 0 Å². The lowest BCUT2D eigenvalue weighted by atomic mass is 9.96. The smallest absolute Gasteiger partial charge is 0.227 e. The van der Waals surface area contributed by atoms with Crippen LogP contribution in [0.25, 0.3) is 0 Å². The molecule has 0 aromatic heterocycles. The normalized spacial score (nSPS) is 30.1. The van der Waals surface area contributed by atoms with Gasteiger partial charge in [-0.2, -0.15) is 0 Å². The third-order valence-electron chi connectivity index (χ3n) is 4.14. The van der Waals surface area contributed by atoms with Crippen molar-refractivity contribution in [3.05, 3.63) is 0 Å². The fraction of sp³-hybridized carbons (Fsp3) is 0.929. The van der Waals surface area contributed by atoms with E-state index in [9.17, 15) is 4.79 Å². The van der Waals surface area contributed by atoms with Crippen LogP contribution in [-0.4, -0.2) is 61.5 Å². The molecule has 2 aliphatic heterocycles. The topological polar surface area (TPSA) is 35.6 Å². The highest BCUT2D eigenvalue weighted by Crippen LogP contribution is 2.19. The largest absolute Gasteiger partial charge is 0.340 e. The molecule has 2 heterocycles. The van der Waals surface area contributed by atoms with E-state index >= 15 is 0 Å². The predicted molar refractivity (Wildman–Crippen MR) is 73.4 cm³/mol. The van der Waals surface area contributed by atoms with Crippen molar-refractivity contribution >= 4 is 5.91 Å². The zero-order valence-electron chi connectivity index (χ0n) is 12.0. The van der Waals surface area contributed by atoms with Crippen molar-refractivity contribution < 1.29 is 4.79 Å². The molecule has 4 heteroatoms. The van der Waals surface area contributed by atoms with Crippen molar-refractivity contribution in [3.8, 4) is 0 Å². The molecule has 2 rings (SSSR count). The number of carbonyl (C=O) groups excluding carboxylic acids is 1. The third kappa shape index (κ3) is 3.23. The van der Waals surface area contributed by atoms with E-state index in [4.69, 9.17) is 0 Å². The second kappa shape index (κ2) is 6.02. The minimum Gasteiger partial charge on any atom is -0.340 e. The number of rotatable bonds is 3. The average molecular weight is 253 g/mol. The highest BCUT2D eigenvalue weighted by atomic mass is 16.2. The lowest BCUT2D eigenvalue weighted by molar-refractivity contribution is -0.137. The Morgan fingerprint density at radius 3 is 2.39 bits per heavy atom. The van der Waals surface area contributed by atoms with E-state index in [1.807, 2.05) is 0 Å². The molecule has 2 atom stereocenters. The van der Waals surface area contributed by atoms with Gasteiger partial charge < -0.3 is 10.2 Å². The summed E-state index contributed by atoms with van der Waals surface area (Å²) in [6, 6.07) is 0. The van der Waals surface area contributed by atoms with E-state index in [-0.39, 0.29) is 5.92 Å². The third-order valence-corrected chi connectivity index (χ3v) is 4.14. The monoisotopic (exact) mass is 253 g/mol. The number of nitrogens with zero attached hydrogens (tertiary/aromatic N) is 2. The molecular formula is C14H27N3O. The van der Waals surface area contributed by atoms with Gasteiger partial charge in [0.15, 0.2) is 0 Å². The molecule has 0 radical (unpaired) electrons. The summed E-state index contributed by atoms with van der Waals surface area (Å²) >= 11 is 0. The summed E-state index contributed by atoms with van der Waals surface area (Å²) in [6.07, 6.45) is 0. The second-order valence-corrected chi connectivity index (χ2v) is 6.26. The summed E-state index contributed by atoms with van der Waals surface area (Å²) in [6.45, 7) is 13.6. The molecule has 0 aromatic carbocycles. The van der Waals surface area contributed by atoms with Gasteiger partial charge in [0.1, 0.15) is 0 Å². The zero-order valence-corrected chi connectivity index (χ0v) is 12.0. The number of hydrogen-bond acceptors (Lipinski definition) is 3. The van der Waals surface area contributed by atoms with Gasteiger partial charge in [0.25, 0.3) is 0 Å². The summed E-state index contributed by atoms with van der Waals surface area (Å²) in [4.78, 5) is 17.0. The Morgan fingerprint density at radius 2 is 1.89 bits per heavy atom. The van der Waals surface area contributed by atoms with Crippen LogP contribution in [0.1, 0.15) is 20.8 Å². The first-order valence-electron chi connectivity index (χ1n) is 7.29. The van der Waals surface area contributed by atoms with Crippen LogP contribution < -0.4 is 5.32 Å². The Hall–Kier alpha value is -0.610. The van der Waals surface area contributed by atoms with Gasteiger partial charge in [-0.25, -0.2) is 0 Å². The summed E-state index contributed by atoms with van der Waals surface area (Å²) in [5, 5.41) is 3.32. The highest BCUT2D eigenvalue weighted by Gasteiger charge is 2.33. The van der Waals surface area contributed by atoms with Crippen LogP contribution >= 0.6 is 0 Å². The summed E-state index contributed by atoms with van der Waals surface area (Å²) in [5.74, 6) is 1.79.